The first-order chi connectivity index (χ1) is 13.7. The van der Waals surface area contributed by atoms with Crippen molar-refractivity contribution in [3.63, 3.8) is 0 Å². The first kappa shape index (κ1) is 17.6. The Morgan fingerprint density at radius 3 is 2.64 bits per heavy atom. The number of nitrogens with one attached hydrogen (secondary N) is 1. The number of aryl methyl sites for hydroxylation is 1. The van der Waals surface area contributed by atoms with Crippen molar-refractivity contribution < 1.29 is 9.53 Å². The highest BCUT2D eigenvalue weighted by Gasteiger charge is 2.13. The van der Waals surface area contributed by atoms with Crippen molar-refractivity contribution in [3.05, 3.63) is 89.9 Å². The standard InChI is InChI=1S/C22H18N4O2/c1-15-19(13-16-7-5-11-23-20(16)26-15)21(27)25-14-17-8-6-12-24-22(17)28-18-9-3-2-4-10-18/h2-13H,14H2,1H3,(H,25,27). The van der Waals surface area contributed by atoms with Gasteiger partial charge in [-0.05, 0) is 43.3 Å². The van der Waals surface area contributed by atoms with Crippen LogP contribution in [0.15, 0.2) is 73.1 Å². The molecule has 0 radical (unpaired) electrons. The normalized spacial score (nSPS) is 10.6. The highest BCUT2D eigenvalue weighted by molar-refractivity contribution is 5.98. The zero-order chi connectivity index (χ0) is 19.3. The number of amides is 1. The third-order valence-electron chi connectivity index (χ3n) is 4.27. The van der Waals surface area contributed by atoms with Gasteiger partial charge in [-0.25, -0.2) is 15.0 Å². The summed E-state index contributed by atoms with van der Waals surface area (Å²) in [5, 5.41) is 3.75. The van der Waals surface area contributed by atoms with Crippen LogP contribution in [0.4, 0.5) is 0 Å². The number of carbonyl (C=O) groups excluding carboxylic acids is 1. The van der Waals surface area contributed by atoms with E-state index in [9.17, 15) is 4.79 Å². The molecule has 0 spiro atoms. The van der Waals surface area contributed by atoms with Crippen LogP contribution in [0.5, 0.6) is 11.6 Å². The average molecular weight is 370 g/mol. The van der Waals surface area contributed by atoms with E-state index in [0.29, 0.717) is 35.1 Å². The fourth-order valence-corrected chi connectivity index (χ4v) is 2.85. The lowest BCUT2D eigenvalue weighted by atomic mass is 10.1. The van der Waals surface area contributed by atoms with Gasteiger partial charge in [-0.2, -0.15) is 0 Å². The monoisotopic (exact) mass is 370 g/mol. The van der Waals surface area contributed by atoms with Gasteiger partial charge < -0.3 is 10.1 Å². The molecule has 0 bridgehead atoms. The number of nitrogens with zero attached hydrogens (tertiary/aromatic N) is 3. The van der Waals surface area contributed by atoms with E-state index in [1.807, 2.05) is 60.7 Å². The van der Waals surface area contributed by atoms with Gasteiger partial charge >= 0.3 is 0 Å². The van der Waals surface area contributed by atoms with Crippen LogP contribution in [0, 0.1) is 6.92 Å². The summed E-state index contributed by atoms with van der Waals surface area (Å²) in [6.45, 7) is 2.09. The summed E-state index contributed by atoms with van der Waals surface area (Å²) in [5.41, 5.74) is 2.57. The smallest absolute Gasteiger partial charge is 0.253 e. The lowest BCUT2D eigenvalue weighted by molar-refractivity contribution is 0.0950. The SMILES string of the molecule is Cc1nc2ncccc2cc1C(=O)NCc1cccnc1Oc1ccccc1. The van der Waals surface area contributed by atoms with Crippen LogP contribution >= 0.6 is 0 Å². The Labute approximate surface area is 162 Å². The van der Waals surface area contributed by atoms with Crippen molar-refractivity contribution in [1.82, 2.24) is 20.3 Å². The third kappa shape index (κ3) is 3.81. The van der Waals surface area contributed by atoms with Gasteiger partial charge in [-0.1, -0.05) is 24.3 Å². The first-order valence-corrected chi connectivity index (χ1v) is 8.88. The number of pyridine rings is 3. The van der Waals surface area contributed by atoms with Crippen LogP contribution in [-0.4, -0.2) is 20.9 Å². The number of ether oxygens (including phenoxy) is 1. The van der Waals surface area contributed by atoms with E-state index in [4.69, 9.17) is 4.74 Å². The van der Waals surface area contributed by atoms with Crippen LogP contribution in [-0.2, 0) is 6.54 Å². The molecule has 0 atom stereocenters. The fourth-order valence-electron chi connectivity index (χ4n) is 2.85. The number of benzene rings is 1. The molecule has 0 fully saturated rings. The summed E-state index contributed by atoms with van der Waals surface area (Å²) in [4.78, 5) is 25.6. The second-order valence-electron chi connectivity index (χ2n) is 6.24. The van der Waals surface area contributed by atoms with Crippen molar-refractivity contribution in [1.29, 1.82) is 0 Å². The van der Waals surface area contributed by atoms with Crippen molar-refractivity contribution in [3.8, 4) is 11.6 Å². The maximum Gasteiger partial charge on any atom is 0.253 e. The highest BCUT2D eigenvalue weighted by Crippen LogP contribution is 2.22. The Kier molecular flexibility index (Phi) is 4.93. The molecule has 4 aromatic rings. The van der Waals surface area contributed by atoms with Gasteiger partial charge in [0.1, 0.15) is 5.75 Å². The van der Waals surface area contributed by atoms with Gasteiger partial charge in [0.05, 0.1) is 11.3 Å². The summed E-state index contributed by atoms with van der Waals surface area (Å²) in [5.74, 6) is 0.952. The number of aromatic nitrogens is 3. The maximum absolute atomic E-state index is 12.7. The minimum absolute atomic E-state index is 0.203. The number of hydrogen-bond donors (Lipinski definition) is 1. The predicted molar refractivity (Wildman–Crippen MR) is 106 cm³/mol. The molecule has 0 saturated heterocycles. The summed E-state index contributed by atoms with van der Waals surface area (Å²) in [7, 11) is 0. The molecule has 138 valence electrons. The van der Waals surface area contributed by atoms with E-state index in [2.05, 4.69) is 20.3 Å². The zero-order valence-electron chi connectivity index (χ0n) is 15.3. The molecule has 28 heavy (non-hydrogen) atoms. The minimum Gasteiger partial charge on any atom is -0.439 e. The maximum atomic E-state index is 12.7. The van der Waals surface area contributed by atoms with Crippen LogP contribution in [0.3, 0.4) is 0 Å². The number of carbonyl (C=O) groups is 1. The zero-order valence-corrected chi connectivity index (χ0v) is 15.3. The van der Waals surface area contributed by atoms with Gasteiger partial charge in [0, 0.05) is 29.9 Å². The molecule has 6 nitrogen and oxygen atoms in total. The second kappa shape index (κ2) is 7.84. The van der Waals surface area contributed by atoms with Gasteiger partial charge in [0.25, 0.3) is 5.91 Å². The molecule has 1 N–H and O–H groups in total. The van der Waals surface area contributed by atoms with Crippen molar-refractivity contribution in [2.24, 2.45) is 0 Å². The van der Waals surface area contributed by atoms with Crippen molar-refractivity contribution >= 4 is 16.9 Å². The molecule has 1 aromatic carbocycles. The lowest BCUT2D eigenvalue weighted by Crippen LogP contribution is -2.24. The van der Waals surface area contributed by atoms with Gasteiger partial charge in [0.15, 0.2) is 5.65 Å². The highest BCUT2D eigenvalue weighted by atomic mass is 16.5. The molecule has 0 aliphatic rings. The van der Waals surface area contributed by atoms with Crippen LogP contribution < -0.4 is 10.1 Å². The summed E-state index contributed by atoms with van der Waals surface area (Å²) >= 11 is 0. The molecule has 0 aliphatic carbocycles. The largest absolute Gasteiger partial charge is 0.439 e. The number of para-hydroxylation sites is 1. The molecule has 0 unspecified atom stereocenters. The van der Waals surface area contributed by atoms with E-state index in [-0.39, 0.29) is 5.91 Å². The molecule has 0 aliphatic heterocycles. The minimum atomic E-state index is -0.203. The summed E-state index contributed by atoms with van der Waals surface area (Å²) in [6, 6.07) is 18.6. The Morgan fingerprint density at radius 2 is 1.79 bits per heavy atom. The Morgan fingerprint density at radius 1 is 1.00 bits per heavy atom. The molecule has 3 aromatic heterocycles. The lowest BCUT2D eigenvalue weighted by Gasteiger charge is -2.12. The molecule has 6 heteroatoms. The van der Waals surface area contributed by atoms with E-state index in [1.54, 1.807) is 19.3 Å². The molecule has 4 rings (SSSR count). The first-order valence-electron chi connectivity index (χ1n) is 8.88. The fraction of sp³-hybridized carbons (Fsp3) is 0.0909. The quantitative estimate of drug-likeness (QED) is 0.573. The number of fused-ring (bicyclic) bond motifs is 1. The van der Waals surface area contributed by atoms with Crippen molar-refractivity contribution in [2.45, 2.75) is 13.5 Å². The van der Waals surface area contributed by atoms with Crippen LogP contribution in [0.2, 0.25) is 0 Å². The van der Waals surface area contributed by atoms with Gasteiger partial charge in [-0.15, -0.1) is 0 Å². The Hall–Kier alpha value is -3.80. The third-order valence-corrected chi connectivity index (χ3v) is 4.27. The summed E-state index contributed by atoms with van der Waals surface area (Å²) < 4.78 is 5.85. The van der Waals surface area contributed by atoms with E-state index in [1.165, 1.54) is 0 Å². The number of hydrogen-bond acceptors (Lipinski definition) is 5. The van der Waals surface area contributed by atoms with E-state index in [0.717, 1.165) is 10.9 Å². The van der Waals surface area contributed by atoms with Crippen molar-refractivity contribution in [2.75, 3.05) is 0 Å². The molecule has 0 saturated carbocycles. The Balaban J connectivity index is 1.52. The predicted octanol–water partition coefficient (Wildman–Crippen LogP) is 4.06. The molecule has 3 heterocycles. The number of rotatable bonds is 5. The van der Waals surface area contributed by atoms with Crippen LogP contribution in [0.1, 0.15) is 21.6 Å². The molecular formula is C22H18N4O2. The van der Waals surface area contributed by atoms with Gasteiger partial charge in [-0.3, -0.25) is 4.79 Å². The second-order valence-corrected chi connectivity index (χ2v) is 6.24. The summed E-state index contributed by atoms with van der Waals surface area (Å²) in [6.07, 6.45) is 3.35. The average Bonchev–Trinajstić information content (AvgIpc) is 2.73. The van der Waals surface area contributed by atoms with E-state index >= 15 is 0 Å². The topological polar surface area (TPSA) is 77.0 Å². The van der Waals surface area contributed by atoms with Crippen LogP contribution in [0.25, 0.3) is 11.0 Å². The van der Waals surface area contributed by atoms with Gasteiger partial charge in [0.2, 0.25) is 5.88 Å². The molecule has 1 amide bonds. The van der Waals surface area contributed by atoms with E-state index < -0.39 is 0 Å². The Bertz CT molecular complexity index is 1130. The molecular weight excluding hydrogens is 352 g/mol.